The Balaban J connectivity index is 1.57. The molecule has 0 N–H and O–H groups in total. The highest BCUT2D eigenvalue weighted by Gasteiger charge is 2.35. The van der Waals surface area contributed by atoms with Crippen LogP contribution in [0, 0.1) is 5.92 Å². The molecule has 3 heterocycles. The van der Waals surface area contributed by atoms with E-state index in [4.69, 9.17) is 4.74 Å². The second kappa shape index (κ2) is 4.63. The van der Waals surface area contributed by atoms with Gasteiger partial charge in [0, 0.05) is 38.3 Å². The smallest absolute Gasteiger partial charge is 0.0507 e. The standard InChI is InChI=1S/C13H24N2O/c1-11-7-14-5-2-3-13(14)9-15(11)8-12-4-6-16-10-12/h11-13H,2-10H2,1H3. The lowest BCUT2D eigenvalue weighted by atomic mass is 10.0. The average molecular weight is 224 g/mol. The van der Waals surface area contributed by atoms with Crippen molar-refractivity contribution in [2.45, 2.75) is 38.3 Å². The van der Waals surface area contributed by atoms with E-state index in [1.165, 1.54) is 45.4 Å². The summed E-state index contributed by atoms with van der Waals surface area (Å²) >= 11 is 0. The number of rotatable bonds is 2. The molecule has 0 bridgehead atoms. The summed E-state index contributed by atoms with van der Waals surface area (Å²) in [5.41, 5.74) is 0. The fourth-order valence-electron chi connectivity index (χ4n) is 3.56. The predicted octanol–water partition coefficient (Wildman–Crippen LogP) is 1.19. The van der Waals surface area contributed by atoms with E-state index in [1.807, 2.05) is 0 Å². The van der Waals surface area contributed by atoms with E-state index < -0.39 is 0 Å². The molecule has 0 saturated carbocycles. The highest BCUT2D eigenvalue weighted by Crippen LogP contribution is 2.26. The molecule has 3 aliphatic rings. The first-order valence-electron chi connectivity index (χ1n) is 6.89. The van der Waals surface area contributed by atoms with Crippen LogP contribution in [0.5, 0.6) is 0 Å². The van der Waals surface area contributed by atoms with Gasteiger partial charge in [0.15, 0.2) is 0 Å². The summed E-state index contributed by atoms with van der Waals surface area (Å²) in [6, 6.07) is 1.61. The van der Waals surface area contributed by atoms with E-state index in [-0.39, 0.29) is 0 Å². The van der Waals surface area contributed by atoms with Gasteiger partial charge in [0.1, 0.15) is 0 Å². The SMILES string of the molecule is CC1CN2CCCC2CN1CC1CCOC1. The van der Waals surface area contributed by atoms with Gasteiger partial charge < -0.3 is 4.74 Å². The number of piperazine rings is 1. The Morgan fingerprint density at radius 3 is 3.00 bits per heavy atom. The molecule has 0 spiro atoms. The Morgan fingerprint density at radius 1 is 1.25 bits per heavy atom. The van der Waals surface area contributed by atoms with Gasteiger partial charge >= 0.3 is 0 Å². The van der Waals surface area contributed by atoms with Gasteiger partial charge in [-0.3, -0.25) is 9.80 Å². The third-order valence-electron chi connectivity index (χ3n) is 4.58. The van der Waals surface area contributed by atoms with Crippen molar-refractivity contribution >= 4 is 0 Å². The van der Waals surface area contributed by atoms with Crippen molar-refractivity contribution in [1.82, 2.24) is 9.80 Å². The van der Waals surface area contributed by atoms with Crippen molar-refractivity contribution in [3.8, 4) is 0 Å². The highest BCUT2D eigenvalue weighted by molar-refractivity contribution is 4.91. The summed E-state index contributed by atoms with van der Waals surface area (Å²) < 4.78 is 5.48. The quantitative estimate of drug-likeness (QED) is 0.701. The topological polar surface area (TPSA) is 15.7 Å². The third-order valence-corrected chi connectivity index (χ3v) is 4.58. The molecule has 0 aromatic heterocycles. The van der Waals surface area contributed by atoms with Gasteiger partial charge in [-0.2, -0.15) is 0 Å². The summed E-state index contributed by atoms with van der Waals surface area (Å²) in [6.45, 7) is 9.58. The van der Waals surface area contributed by atoms with Gasteiger partial charge in [0.05, 0.1) is 6.61 Å². The lowest BCUT2D eigenvalue weighted by Crippen LogP contribution is -2.55. The molecule has 3 unspecified atom stereocenters. The highest BCUT2D eigenvalue weighted by atomic mass is 16.5. The molecule has 3 saturated heterocycles. The monoisotopic (exact) mass is 224 g/mol. The molecule has 3 heteroatoms. The molecule has 3 nitrogen and oxygen atoms in total. The van der Waals surface area contributed by atoms with Crippen LogP contribution in [0.25, 0.3) is 0 Å². The molecule has 3 rings (SSSR count). The first-order chi connectivity index (χ1) is 7.83. The fourth-order valence-corrected chi connectivity index (χ4v) is 3.56. The largest absolute Gasteiger partial charge is 0.381 e. The molecule has 0 aliphatic carbocycles. The second-order valence-electron chi connectivity index (χ2n) is 5.82. The Bertz CT molecular complexity index is 238. The van der Waals surface area contributed by atoms with E-state index in [1.54, 1.807) is 0 Å². The molecule has 0 aromatic carbocycles. The van der Waals surface area contributed by atoms with Gasteiger partial charge in [-0.05, 0) is 38.6 Å². The second-order valence-corrected chi connectivity index (χ2v) is 5.82. The zero-order chi connectivity index (χ0) is 11.0. The van der Waals surface area contributed by atoms with E-state index in [9.17, 15) is 0 Å². The fraction of sp³-hybridized carbons (Fsp3) is 1.00. The van der Waals surface area contributed by atoms with Crippen LogP contribution in [0.15, 0.2) is 0 Å². The minimum atomic E-state index is 0.745. The van der Waals surface area contributed by atoms with Crippen LogP contribution in [0.4, 0.5) is 0 Å². The molecule has 0 aromatic rings. The van der Waals surface area contributed by atoms with E-state index in [2.05, 4.69) is 16.7 Å². The number of hydrogen-bond acceptors (Lipinski definition) is 3. The first-order valence-corrected chi connectivity index (χ1v) is 6.89. The number of hydrogen-bond donors (Lipinski definition) is 0. The van der Waals surface area contributed by atoms with Crippen molar-refractivity contribution in [3.05, 3.63) is 0 Å². The van der Waals surface area contributed by atoms with Crippen LogP contribution < -0.4 is 0 Å². The minimum absolute atomic E-state index is 0.745. The number of fused-ring (bicyclic) bond motifs is 1. The molecule has 0 amide bonds. The van der Waals surface area contributed by atoms with Crippen LogP contribution in [0.2, 0.25) is 0 Å². The van der Waals surface area contributed by atoms with Crippen molar-refractivity contribution < 1.29 is 4.74 Å². The summed E-state index contributed by atoms with van der Waals surface area (Å²) in [6.07, 6.45) is 4.11. The maximum atomic E-state index is 5.48. The predicted molar refractivity (Wildman–Crippen MR) is 64.6 cm³/mol. The molecule has 0 radical (unpaired) electrons. The van der Waals surface area contributed by atoms with Gasteiger partial charge in [0.2, 0.25) is 0 Å². The molecule has 3 aliphatic heterocycles. The van der Waals surface area contributed by atoms with Gasteiger partial charge in [-0.1, -0.05) is 0 Å². The summed E-state index contributed by atoms with van der Waals surface area (Å²) in [5, 5.41) is 0. The molecular weight excluding hydrogens is 200 g/mol. The van der Waals surface area contributed by atoms with Gasteiger partial charge in [-0.25, -0.2) is 0 Å². The summed E-state index contributed by atoms with van der Waals surface area (Å²) in [5.74, 6) is 0.801. The zero-order valence-corrected chi connectivity index (χ0v) is 10.4. The maximum absolute atomic E-state index is 5.48. The number of nitrogens with zero attached hydrogens (tertiary/aromatic N) is 2. The third kappa shape index (κ3) is 2.13. The van der Waals surface area contributed by atoms with Crippen LogP contribution in [-0.4, -0.2) is 61.3 Å². The van der Waals surface area contributed by atoms with E-state index >= 15 is 0 Å². The van der Waals surface area contributed by atoms with Crippen LogP contribution in [0.1, 0.15) is 26.2 Å². The van der Waals surface area contributed by atoms with Crippen molar-refractivity contribution in [2.75, 3.05) is 39.4 Å². The van der Waals surface area contributed by atoms with Crippen molar-refractivity contribution in [1.29, 1.82) is 0 Å². The molecule has 16 heavy (non-hydrogen) atoms. The Morgan fingerprint density at radius 2 is 2.19 bits per heavy atom. The minimum Gasteiger partial charge on any atom is -0.381 e. The maximum Gasteiger partial charge on any atom is 0.0507 e. The van der Waals surface area contributed by atoms with Crippen molar-refractivity contribution in [2.24, 2.45) is 5.92 Å². The van der Waals surface area contributed by atoms with E-state index in [0.717, 1.165) is 31.2 Å². The number of ether oxygens (including phenoxy) is 1. The normalized spacial score (nSPS) is 41.4. The molecule has 3 fully saturated rings. The van der Waals surface area contributed by atoms with Gasteiger partial charge in [0.25, 0.3) is 0 Å². The molecule has 3 atom stereocenters. The Kier molecular flexibility index (Phi) is 3.18. The van der Waals surface area contributed by atoms with Gasteiger partial charge in [-0.15, -0.1) is 0 Å². The van der Waals surface area contributed by atoms with Crippen LogP contribution in [-0.2, 0) is 4.74 Å². The lowest BCUT2D eigenvalue weighted by molar-refractivity contribution is 0.0461. The zero-order valence-electron chi connectivity index (χ0n) is 10.4. The molecular formula is C13H24N2O. The van der Waals surface area contributed by atoms with E-state index in [0.29, 0.717) is 0 Å². The van der Waals surface area contributed by atoms with Crippen LogP contribution >= 0.6 is 0 Å². The van der Waals surface area contributed by atoms with Crippen molar-refractivity contribution in [3.63, 3.8) is 0 Å². The Labute approximate surface area is 98.7 Å². The molecule has 92 valence electrons. The first kappa shape index (κ1) is 11.0. The Hall–Kier alpha value is -0.120. The van der Waals surface area contributed by atoms with Crippen LogP contribution in [0.3, 0.4) is 0 Å². The lowest BCUT2D eigenvalue weighted by Gasteiger charge is -2.43. The summed E-state index contributed by atoms with van der Waals surface area (Å²) in [4.78, 5) is 5.41. The average Bonchev–Trinajstić information content (AvgIpc) is 2.89. The summed E-state index contributed by atoms with van der Waals surface area (Å²) in [7, 11) is 0.